The zero-order valence-corrected chi connectivity index (χ0v) is 22.6. The molecule has 4 aliphatic rings. The SMILES string of the molecule is CCS(=O)(=O)NCC12COC(c3nc4c(C)cc(N5CCC(C)C5)cn4n3)(C1)C2CO.c1ccccc1. The number of ether oxygens (including phenoxy) is 1. The monoisotopic (exact) mass is 527 g/mol. The maximum Gasteiger partial charge on any atom is 0.211 e. The highest BCUT2D eigenvalue weighted by Gasteiger charge is 2.72. The van der Waals surface area contributed by atoms with Crippen LogP contribution in [0.1, 0.15) is 38.1 Å². The summed E-state index contributed by atoms with van der Waals surface area (Å²) in [5.74, 6) is 1.06. The van der Waals surface area contributed by atoms with E-state index >= 15 is 0 Å². The van der Waals surface area contributed by atoms with Gasteiger partial charge in [0.25, 0.3) is 0 Å². The highest BCUT2D eigenvalue weighted by molar-refractivity contribution is 7.89. The van der Waals surface area contributed by atoms with Crippen molar-refractivity contribution in [2.45, 2.75) is 39.2 Å². The number of sulfonamides is 1. The van der Waals surface area contributed by atoms with E-state index in [1.165, 1.54) is 6.42 Å². The number of aliphatic hydroxyl groups is 1. The summed E-state index contributed by atoms with van der Waals surface area (Å²) < 4.78 is 34.5. The normalized spacial score (nSPS) is 28.7. The number of anilines is 1. The average molecular weight is 528 g/mol. The minimum atomic E-state index is -3.31. The predicted molar refractivity (Wildman–Crippen MR) is 143 cm³/mol. The molecule has 4 fully saturated rings. The third-order valence-corrected chi connectivity index (χ3v) is 9.52. The maximum atomic E-state index is 11.9. The van der Waals surface area contributed by atoms with Gasteiger partial charge in [-0.25, -0.2) is 22.6 Å². The number of aliphatic hydroxyl groups excluding tert-OH is 1. The Morgan fingerprint density at radius 2 is 1.92 bits per heavy atom. The highest BCUT2D eigenvalue weighted by atomic mass is 32.2. The van der Waals surface area contributed by atoms with Crippen LogP contribution in [0.5, 0.6) is 0 Å². The second-order valence-electron chi connectivity index (χ2n) is 10.8. The van der Waals surface area contributed by atoms with Gasteiger partial charge in [-0.15, -0.1) is 5.10 Å². The van der Waals surface area contributed by atoms with Crippen molar-refractivity contribution in [3.05, 3.63) is 60.0 Å². The topological polar surface area (TPSA) is 109 Å². The van der Waals surface area contributed by atoms with Gasteiger partial charge < -0.3 is 14.7 Å². The second kappa shape index (κ2) is 9.98. The zero-order chi connectivity index (χ0) is 26.3. The van der Waals surface area contributed by atoms with Crippen molar-refractivity contribution in [3.8, 4) is 0 Å². The summed E-state index contributed by atoms with van der Waals surface area (Å²) in [6.07, 6.45) is 3.82. The molecule has 1 aliphatic carbocycles. The van der Waals surface area contributed by atoms with Gasteiger partial charge in [-0.1, -0.05) is 43.3 Å². The van der Waals surface area contributed by atoms with Gasteiger partial charge in [-0.05, 0) is 44.2 Å². The van der Waals surface area contributed by atoms with E-state index in [-0.39, 0.29) is 24.8 Å². The van der Waals surface area contributed by atoms with Gasteiger partial charge in [0.1, 0.15) is 5.60 Å². The van der Waals surface area contributed by atoms with Crippen LogP contribution in [0.25, 0.3) is 5.65 Å². The average Bonchev–Trinajstić information content (AvgIpc) is 3.66. The summed E-state index contributed by atoms with van der Waals surface area (Å²) in [4.78, 5) is 7.18. The van der Waals surface area contributed by atoms with Crippen LogP contribution in [0, 0.1) is 24.2 Å². The van der Waals surface area contributed by atoms with Crippen LogP contribution in [0.15, 0.2) is 48.7 Å². The van der Waals surface area contributed by atoms with E-state index < -0.39 is 21.0 Å². The molecule has 1 saturated carbocycles. The molecule has 7 rings (SSSR count). The van der Waals surface area contributed by atoms with Crippen molar-refractivity contribution in [2.24, 2.45) is 17.3 Å². The van der Waals surface area contributed by atoms with Gasteiger partial charge >= 0.3 is 0 Å². The minimum absolute atomic E-state index is 0.0320. The van der Waals surface area contributed by atoms with Crippen molar-refractivity contribution in [2.75, 3.05) is 43.5 Å². The van der Waals surface area contributed by atoms with Gasteiger partial charge in [0, 0.05) is 37.6 Å². The fourth-order valence-corrected chi connectivity index (χ4v) is 6.69. The van der Waals surface area contributed by atoms with Crippen LogP contribution in [0.4, 0.5) is 5.69 Å². The Morgan fingerprint density at radius 3 is 2.51 bits per heavy atom. The fourth-order valence-electron chi connectivity index (χ4n) is 5.98. The highest BCUT2D eigenvalue weighted by Crippen LogP contribution is 2.66. The molecule has 2 N–H and O–H groups in total. The first kappa shape index (κ1) is 26.1. The van der Waals surface area contributed by atoms with Crippen molar-refractivity contribution in [1.29, 1.82) is 0 Å². The summed E-state index contributed by atoms with van der Waals surface area (Å²) in [5, 5.41) is 14.9. The van der Waals surface area contributed by atoms with E-state index in [1.807, 2.05) is 54.0 Å². The molecule has 1 aromatic carbocycles. The van der Waals surface area contributed by atoms with Crippen molar-refractivity contribution in [3.63, 3.8) is 0 Å². The summed E-state index contributed by atoms with van der Waals surface area (Å²) >= 11 is 0. The van der Waals surface area contributed by atoms with Crippen molar-refractivity contribution in [1.82, 2.24) is 19.3 Å². The molecule has 3 saturated heterocycles. The Hall–Kier alpha value is -2.53. The number of rotatable bonds is 7. The van der Waals surface area contributed by atoms with E-state index in [0.717, 1.165) is 30.0 Å². The van der Waals surface area contributed by atoms with Gasteiger partial charge in [0.15, 0.2) is 11.5 Å². The molecule has 0 radical (unpaired) electrons. The van der Waals surface area contributed by atoms with Gasteiger partial charge in [-0.2, -0.15) is 0 Å². The molecule has 4 atom stereocenters. The number of nitrogens with zero attached hydrogens (tertiary/aromatic N) is 4. The van der Waals surface area contributed by atoms with Crippen LogP contribution in [-0.4, -0.2) is 66.7 Å². The van der Waals surface area contributed by atoms with Crippen LogP contribution in [0.3, 0.4) is 0 Å². The number of benzene rings is 1. The quantitative estimate of drug-likeness (QED) is 0.486. The lowest BCUT2D eigenvalue weighted by atomic mass is 9.54. The fraction of sp³-hybridized carbons (Fsp3) is 0.556. The number of nitrogens with one attached hydrogen (secondary N) is 1. The Morgan fingerprint density at radius 1 is 1.22 bits per heavy atom. The molecule has 2 bridgehead atoms. The summed E-state index contributed by atoms with van der Waals surface area (Å²) in [7, 11) is -3.31. The molecule has 3 aliphatic heterocycles. The van der Waals surface area contributed by atoms with E-state index in [2.05, 4.69) is 22.6 Å². The Labute approximate surface area is 218 Å². The number of fused-ring (bicyclic) bond motifs is 2. The zero-order valence-electron chi connectivity index (χ0n) is 21.8. The van der Waals surface area contributed by atoms with E-state index in [0.29, 0.717) is 24.8 Å². The Balaban J connectivity index is 0.000000412. The molecule has 2 aromatic heterocycles. The molecule has 0 spiro atoms. The molecule has 200 valence electrons. The summed E-state index contributed by atoms with van der Waals surface area (Å²) in [5.41, 5.74) is 1.81. The first-order valence-electron chi connectivity index (χ1n) is 13.1. The first-order valence-corrected chi connectivity index (χ1v) is 14.7. The Kier molecular flexibility index (Phi) is 7.04. The second-order valence-corrected chi connectivity index (χ2v) is 12.9. The molecular formula is C27H37N5O4S. The molecular weight excluding hydrogens is 490 g/mol. The molecule has 5 heterocycles. The van der Waals surface area contributed by atoms with Crippen molar-refractivity contribution < 1.29 is 18.3 Å². The van der Waals surface area contributed by atoms with Crippen LogP contribution in [-0.2, 0) is 20.4 Å². The lowest BCUT2D eigenvalue weighted by Crippen LogP contribution is -2.59. The standard InChI is InChI=1S/C21H31N5O4S.C6H6/c1-4-31(28,29)22-12-20-11-21(30-13-20,17(20)10-27)19-23-18-15(3)7-16(9-26(18)24-19)25-6-5-14(2)8-25;1-2-4-6-5-3-1/h7,9,14,17,22,27H,4-6,8,10-13H2,1-3H3;1-6H. The van der Waals surface area contributed by atoms with Gasteiger partial charge in [-0.3, -0.25) is 0 Å². The summed E-state index contributed by atoms with van der Waals surface area (Å²) in [6.45, 7) is 8.56. The molecule has 4 unspecified atom stereocenters. The first-order chi connectivity index (χ1) is 17.7. The van der Waals surface area contributed by atoms with Crippen LogP contribution >= 0.6 is 0 Å². The maximum absolute atomic E-state index is 11.9. The number of pyridine rings is 1. The Bertz CT molecular complexity index is 1320. The molecule has 37 heavy (non-hydrogen) atoms. The van der Waals surface area contributed by atoms with Gasteiger partial charge in [0.2, 0.25) is 10.0 Å². The van der Waals surface area contributed by atoms with E-state index in [4.69, 9.17) is 14.8 Å². The lowest BCUT2D eigenvalue weighted by Gasteiger charge is -2.50. The molecule has 3 aromatic rings. The van der Waals surface area contributed by atoms with Crippen LogP contribution < -0.4 is 9.62 Å². The number of hydrogen-bond donors (Lipinski definition) is 2. The predicted octanol–water partition coefficient (Wildman–Crippen LogP) is 2.73. The molecule has 9 nitrogen and oxygen atoms in total. The third kappa shape index (κ3) is 4.76. The summed E-state index contributed by atoms with van der Waals surface area (Å²) in [6, 6.07) is 14.2. The number of aryl methyl sites for hydroxylation is 1. The van der Waals surface area contributed by atoms with Crippen LogP contribution in [0.2, 0.25) is 0 Å². The van der Waals surface area contributed by atoms with Gasteiger partial charge in [0.05, 0.1) is 24.2 Å². The van der Waals surface area contributed by atoms with E-state index in [1.54, 1.807) is 6.92 Å². The lowest BCUT2D eigenvalue weighted by molar-refractivity contribution is -0.113. The minimum Gasteiger partial charge on any atom is -0.396 e. The molecule has 10 heteroatoms. The number of aromatic nitrogens is 3. The third-order valence-electron chi connectivity index (χ3n) is 8.18. The van der Waals surface area contributed by atoms with E-state index in [9.17, 15) is 13.5 Å². The van der Waals surface area contributed by atoms with Crippen molar-refractivity contribution >= 4 is 21.4 Å². The smallest absolute Gasteiger partial charge is 0.211 e. The number of hydrogen-bond acceptors (Lipinski definition) is 7. The molecule has 0 amide bonds. The largest absolute Gasteiger partial charge is 0.396 e.